The summed E-state index contributed by atoms with van der Waals surface area (Å²) in [5.74, 6) is -0.269. The molecule has 3 heterocycles. The number of thiophene rings is 1. The van der Waals surface area contributed by atoms with Crippen molar-refractivity contribution in [1.29, 1.82) is 0 Å². The number of hydrogen-bond donors (Lipinski definition) is 2. The van der Waals surface area contributed by atoms with Gasteiger partial charge in [-0.3, -0.25) is 10.1 Å². The normalized spacial score (nSPS) is 10.8. The van der Waals surface area contributed by atoms with Crippen molar-refractivity contribution in [2.45, 2.75) is 6.92 Å². The topological polar surface area (TPSA) is 93.8 Å². The molecule has 3 aromatic rings. The molecule has 19 heavy (non-hydrogen) atoms. The van der Waals surface area contributed by atoms with E-state index in [-0.39, 0.29) is 5.91 Å². The summed E-state index contributed by atoms with van der Waals surface area (Å²) in [6, 6.07) is 1.75. The average molecular weight is 291 g/mol. The predicted molar refractivity (Wildman–Crippen MR) is 76.6 cm³/mol. The SMILES string of the molecule is Cc1csc(NC(=O)c2sc3nnccc3c2N)n1. The van der Waals surface area contributed by atoms with Gasteiger partial charge in [0.1, 0.15) is 9.71 Å². The molecule has 0 aliphatic carbocycles. The molecule has 1 amide bonds. The Morgan fingerprint density at radius 1 is 1.47 bits per heavy atom. The number of aromatic nitrogens is 3. The zero-order valence-corrected chi connectivity index (χ0v) is 11.5. The molecule has 0 aromatic carbocycles. The summed E-state index contributed by atoms with van der Waals surface area (Å²) in [7, 11) is 0. The molecule has 8 heteroatoms. The maximum Gasteiger partial charge on any atom is 0.269 e. The van der Waals surface area contributed by atoms with Gasteiger partial charge in [0.2, 0.25) is 0 Å². The number of carbonyl (C=O) groups is 1. The third-order valence-corrected chi connectivity index (χ3v) is 4.45. The van der Waals surface area contributed by atoms with Gasteiger partial charge in [-0.2, -0.15) is 5.10 Å². The summed E-state index contributed by atoms with van der Waals surface area (Å²) >= 11 is 2.60. The van der Waals surface area contributed by atoms with Crippen LogP contribution in [0.5, 0.6) is 0 Å². The minimum atomic E-state index is -0.269. The first kappa shape index (κ1) is 12.0. The molecule has 6 nitrogen and oxygen atoms in total. The monoisotopic (exact) mass is 291 g/mol. The average Bonchev–Trinajstić information content (AvgIpc) is 2.94. The van der Waals surface area contributed by atoms with Crippen LogP contribution in [0, 0.1) is 6.92 Å². The van der Waals surface area contributed by atoms with Crippen LogP contribution in [0.1, 0.15) is 15.4 Å². The number of amides is 1. The second kappa shape index (κ2) is 4.56. The summed E-state index contributed by atoms with van der Waals surface area (Å²) in [6.07, 6.45) is 1.55. The summed E-state index contributed by atoms with van der Waals surface area (Å²) in [4.78, 5) is 17.4. The fourth-order valence-corrected chi connectivity index (χ4v) is 3.22. The van der Waals surface area contributed by atoms with E-state index >= 15 is 0 Å². The van der Waals surface area contributed by atoms with E-state index in [1.807, 2.05) is 12.3 Å². The van der Waals surface area contributed by atoms with Gasteiger partial charge in [-0.05, 0) is 13.0 Å². The van der Waals surface area contributed by atoms with Crippen molar-refractivity contribution in [2.75, 3.05) is 11.1 Å². The third kappa shape index (κ3) is 2.15. The first-order chi connectivity index (χ1) is 9.15. The molecule has 0 spiro atoms. The predicted octanol–water partition coefficient (Wildman–Crippen LogP) is 2.29. The van der Waals surface area contributed by atoms with Gasteiger partial charge < -0.3 is 5.73 Å². The number of rotatable bonds is 2. The minimum Gasteiger partial charge on any atom is -0.397 e. The molecule has 0 aliphatic heterocycles. The first-order valence-corrected chi connectivity index (χ1v) is 7.08. The van der Waals surface area contributed by atoms with Crippen LogP contribution < -0.4 is 11.1 Å². The van der Waals surface area contributed by atoms with Crippen LogP contribution >= 0.6 is 22.7 Å². The molecular formula is C11H9N5OS2. The second-order valence-corrected chi connectivity index (χ2v) is 5.70. The zero-order valence-electron chi connectivity index (χ0n) is 9.88. The van der Waals surface area contributed by atoms with Crippen molar-refractivity contribution in [1.82, 2.24) is 15.2 Å². The minimum absolute atomic E-state index is 0.269. The fourth-order valence-electron chi connectivity index (χ4n) is 1.61. The Balaban J connectivity index is 1.95. The van der Waals surface area contributed by atoms with Crippen LogP contribution in [0.4, 0.5) is 10.8 Å². The number of anilines is 2. The van der Waals surface area contributed by atoms with E-state index in [4.69, 9.17) is 5.73 Å². The summed E-state index contributed by atoms with van der Waals surface area (Å²) in [5, 5.41) is 13.6. The molecule has 0 fully saturated rings. The third-order valence-electron chi connectivity index (χ3n) is 2.47. The smallest absolute Gasteiger partial charge is 0.269 e. The van der Waals surface area contributed by atoms with Crippen molar-refractivity contribution < 1.29 is 4.79 Å². The molecule has 3 rings (SSSR count). The van der Waals surface area contributed by atoms with E-state index in [1.165, 1.54) is 22.7 Å². The van der Waals surface area contributed by atoms with Crippen LogP contribution in [0.25, 0.3) is 10.2 Å². The number of aryl methyl sites for hydroxylation is 1. The van der Waals surface area contributed by atoms with E-state index in [0.717, 1.165) is 11.1 Å². The zero-order chi connectivity index (χ0) is 13.4. The Labute approximate surface area is 116 Å². The van der Waals surface area contributed by atoms with Crippen LogP contribution in [-0.2, 0) is 0 Å². The van der Waals surface area contributed by atoms with Crippen LogP contribution in [0.3, 0.4) is 0 Å². The quantitative estimate of drug-likeness (QED) is 0.755. The Morgan fingerprint density at radius 3 is 3.00 bits per heavy atom. The molecular weight excluding hydrogens is 282 g/mol. The van der Waals surface area contributed by atoms with Crippen molar-refractivity contribution in [3.63, 3.8) is 0 Å². The van der Waals surface area contributed by atoms with Crippen molar-refractivity contribution >= 4 is 49.6 Å². The number of nitrogens with one attached hydrogen (secondary N) is 1. The van der Waals surface area contributed by atoms with Crippen molar-refractivity contribution in [2.24, 2.45) is 0 Å². The van der Waals surface area contributed by atoms with Gasteiger partial charge in [-0.1, -0.05) is 0 Å². The Morgan fingerprint density at radius 2 is 2.32 bits per heavy atom. The maximum atomic E-state index is 12.2. The molecule has 3 aromatic heterocycles. The molecule has 96 valence electrons. The highest BCUT2D eigenvalue weighted by molar-refractivity contribution is 7.21. The molecule has 0 bridgehead atoms. The lowest BCUT2D eigenvalue weighted by Gasteiger charge is -1.99. The summed E-state index contributed by atoms with van der Waals surface area (Å²) in [6.45, 7) is 1.87. The van der Waals surface area contributed by atoms with Gasteiger partial charge in [0, 0.05) is 10.8 Å². The highest BCUT2D eigenvalue weighted by atomic mass is 32.1. The van der Waals surface area contributed by atoms with Crippen LogP contribution in [-0.4, -0.2) is 21.1 Å². The van der Waals surface area contributed by atoms with Gasteiger partial charge in [0.25, 0.3) is 5.91 Å². The first-order valence-electron chi connectivity index (χ1n) is 5.38. The molecule has 0 saturated carbocycles. The Kier molecular flexibility index (Phi) is 2.88. The van der Waals surface area contributed by atoms with Gasteiger partial charge in [-0.15, -0.1) is 27.8 Å². The van der Waals surface area contributed by atoms with Crippen molar-refractivity contribution in [3.8, 4) is 0 Å². The Bertz CT molecular complexity index is 763. The lowest BCUT2D eigenvalue weighted by molar-refractivity contribution is 0.103. The standard InChI is InChI=1S/C11H9N5OS2/c1-5-4-18-11(14-5)15-9(17)8-7(12)6-2-3-13-16-10(6)19-8/h2-4H,12H2,1H3,(H,14,15,17). The van der Waals surface area contributed by atoms with Crippen LogP contribution in [0.2, 0.25) is 0 Å². The maximum absolute atomic E-state index is 12.2. The Hall–Kier alpha value is -2.06. The lowest BCUT2D eigenvalue weighted by atomic mass is 10.3. The van der Waals surface area contributed by atoms with E-state index in [1.54, 1.807) is 12.3 Å². The molecule has 3 N–H and O–H groups in total. The van der Waals surface area contributed by atoms with E-state index in [0.29, 0.717) is 20.5 Å². The number of nitrogen functional groups attached to an aromatic ring is 1. The number of nitrogens with zero attached hydrogens (tertiary/aromatic N) is 3. The van der Waals surface area contributed by atoms with Gasteiger partial charge in [0.15, 0.2) is 5.13 Å². The molecule has 0 unspecified atom stereocenters. The number of hydrogen-bond acceptors (Lipinski definition) is 7. The number of fused-ring (bicyclic) bond motifs is 1. The molecule has 0 saturated heterocycles. The largest absolute Gasteiger partial charge is 0.397 e. The number of carbonyl (C=O) groups excluding carboxylic acids is 1. The van der Waals surface area contributed by atoms with Gasteiger partial charge >= 0.3 is 0 Å². The molecule has 0 aliphatic rings. The number of nitrogens with two attached hydrogens (primary N) is 1. The van der Waals surface area contributed by atoms with Crippen LogP contribution in [0.15, 0.2) is 17.6 Å². The summed E-state index contributed by atoms with van der Waals surface area (Å²) < 4.78 is 0. The van der Waals surface area contributed by atoms with E-state index in [2.05, 4.69) is 20.5 Å². The van der Waals surface area contributed by atoms with E-state index < -0.39 is 0 Å². The fraction of sp³-hybridized carbons (Fsp3) is 0.0909. The van der Waals surface area contributed by atoms with E-state index in [9.17, 15) is 4.79 Å². The molecule has 0 radical (unpaired) electrons. The second-order valence-electron chi connectivity index (χ2n) is 3.84. The van der Waals surface area contributed by atoms with Gasteiger partial charge in [-0.25, -0.2) is 4.98 Å². The number of thiazole rings is 1. The highest BCUT2D eigenvalue weighted by Crippen LogP contribution is 2.32. The molecule has 0 atom stereocenters. The summed E-state index contributed by atoms with van der Waals surface area (Å²) in [5.41, 5.74) is 7.27. The van der Waals surface area contributed by atoms with Crippen molar-refractivity contribution in [3.05, 3.63) is 28.2 Å². The van der Waals surface area contributed by atoms with Gasteiger partial charge in [0.05, 0.1) is 17.6 Å². The lowest BCUT2D eigenvalue weighted by Crippen LogP contribution is -2.11. The highest BCUT2D eigenvalue weighted by Gasteiger charge is 2.18.